The number of rotatable bonds is 31. The fraction of sp³-hybridized carbons (Fsp3) is 0.615. The predicted octanol–water partition coefficient (Wildman–Crippen LogP) is 6.07. The molecule has 3 amide bonds. The summed E-state index contributed by atoms with van der Waals surface area (Å²) in [6, 6.07) is 10.4. The van der Waals surface area contributed by atoms with Gasteiger partial charge in [0.25, 0.3) is 6.47 Å². The number of amides is 3. The second-order valence-electron chi connectivity index (χ2n) is 13.2. The minimum absolute atomic E-state index is 0.146. The number of urea groups is 1. The van der Waals surface area contributed by atoms with E-state index in [1.54, 1.807) is 12.4 Å². The van der Waals surface area contributed by atoms with Crippen molar-refractivity contribution < 1.29 is 33.8 Å². The van der Waals surface area contributed by atoms with Crippen LogP contribution in [0, 0.1) is 0 Å². The van der Waals surface area contributed by atoms with Gasteiger partial charge in [-0.3, -0.25) is 29.3 Å². The molecule has 288 valence electrons. The maximum atomic E-state index is 12.5. The van der Waals surface area contributed by atoms with Crippen LogP contribution in [0.4, 0.5) is 4.79 Å². The Labute approximate surface area is 309 Å². The molecule has 2 atom stereocenters. The Morgan fingerprint density at radius 2 is 1.37 bits per heavy atom. The van der Waals surface area contributed by atoms with Crippen LogP contribution in [0.15, 0.2) is 48.8 Å². The van der Waals surface area contributed by atoms with E-state index in [0.29, 0.717) is 71.1 Å². The number of ether oxygens (including phenoxy) is 1. The van der Waals surface area contributed by atoms with Crippen molar-refractivity contribution in [1.82, 2.24) is 30.8 Å². The van der Waals surface area contributed by atoms with Crippen LogP contribution >= 0.6 is 0 Å². The first kappa shape index (κ1) is 43.8. The van der Waals surface area contributed by atoms with Gasteiger partial charge in [-0.1, -0.05) is 57.6 Å². The summed E-state index contributed by atoms with van der Waals surface area (Å²) in [5.41, 5.74) is 1.97. The van der Waals surface area contributed by atoms with Crippen molar-refractivity contribution in [3.05, 3.63) is 60.2 Å². The van der Waals surface area contributed by atoms with Gasteiger partial charge in [0, 0.05) is 57.7 Å². The smallest absolute Gasteiger partial charge is 0.326 e. The van der Waals surface area contributed by atoms with Gasteiger partial charge in [-0.25, -0.2) is 9.59 Å². The summed E-state index contributed by atoms with van der Waals surface area (Å²) in [5.74, 6) is -0.908. The number of ketones is 1. The van der Waals surface area contributed by atoms with E-state index in [0.717, 1.165) is 82.1 Å². The van der Waals surface area contributed by atoms with E-state index in [9.17, 15) is 24.0 Å². The van der Waals surface area contributed by atoms with Crippen molar-refractivity contribution >= 4 is 30.2 Å². The van der Waals surface area contributed by atoms with Crippen molar-refractivity contribution in [2.45, 2.75) is 141 Å². The van der Waals surface area contributed by atoms with E-state index >= 15 is 0 Å². The van der Waals surface area contributed by atoms with Crippen LogP contribution in [0.1, 0.15) is 127 Å². The zero-order valence-corrected chi connectivity index (χ0v) is 30.9. The number of carbonyl (C=O) groups is 5. The molecular weight excluding hydrogens is 664 g/mol. The quantitative estimate of drug-likeness (QED) is 0.0405. The van der Waals surface area contributed by atoms with E-state index in [1.807, 2.05) is 43.3 Å². The normalized spacial score (nSPS) is 12.1. The fourth-order valence-corrected chi connectivity index (χ4v) is 5.83. The van der Waals surface area contributed by atoms with Crippen LogP contribution in [-0.2, 0) is 37.0 Å². The zero-order valence-electron chi connectivity index (χ0n) is 30.9. The molecule has 0 spiro atoms. The lowest BCUT2D eigenvalue weighted by molar-refractivity contribution is -0.140. The number of hydrogen-bond acceptors (Lipinski definition) is 9. The first-order valence-electron chi connectivity index (χ1n) is 19.0. The lowest BCUT2D eigenvalue weighted by Gasteiger charge is -2.22. The van der Waals surface area contributed by atoms with Gasteiger partial charge >= 0.3 is 12.0 Å². The minimum Gasteiger partial charge on any atom is -0.480 e. The summed E-state index contributed by atoms with van der Waals surface area (Å²) >= 11 is 0. The summed E-state index contributed by atoms with van der Waals surface area (Å²) in [6.45, 7) is 4.93. The third kappa shape index (κ3) is 21.7. The van der Waals surface area contributed by atoms with Crippen LogP contribution in [0.5, 0.6) is 0 Å². The average molecular weight is 725 g/mol. The topological polar surface area (TPSA) is 180 Å². The van der Waals surface area contributed by atoms with Crippen LogP contribution < -0.4 is 16.0 Å². The van der Waals surface area contributed by atoms with Gasteiger partial charge in [-0.15, -0.1) is 0 Å². The Morgan fingerprint density at radius 1 is 0.769 bits per heavy atom. The van der Waals surface area contributed by atoms with Gasteiger partial charge in [0.1, 0.15) is 11.8 Å². The number of nitrogens with one attached hydrogen (secondary N) is 3. The molecule has 2 unspecified atom stereocenters. The minimum atomic E-state index is -1.03. The highest BCUT2D eigenvalue weighted by molar-refractivity contribution is 5.82. The number of carboxylic acids is 1. The molecule has 52 heavy (non-hydrogen) atoms. The molecule has 0 saturated heterocycles. The van der Waals surface area contributed by atoms with Crippen LogP contribution in [0.2, 0.25) is 0 Å². The van der Waals surface area contributed by atoms with Gasteiger partial charge in [-0.2, -0.15) is 0 Å². The van der Waals surface area contributed by atoms with E-state index in [2.05, 4.69) is 30.8 Å². The zero-order chi connectivity index (χ0) is 37.7. The molecule has 0 radical (unpaired) electrons. The molecule has 0 fully saturated rings. The number of hydrogen-bond donors (Lipinski definition) is 4. The number of nitrogens with zero attached hydrogens (tertiary/aromatic N) is 3. The summed E-state index contributed by atoms with van der Waals surface area (Å²) in [5, 5.41) is 17.1. The number of carbonyl (C=O) groups excluding carboxylic acids is 4. The first-order chi connectivity index (χ1) is 25.3. The third-order valence-electron chi connectivity index (χ3n) is 8.66. The Bertz CT molecular complexity index is 1240. The maximum Gasteiger partial charge on any atom is 0.326 e. The highest BCUT2D eigenvalue weighted by Gasteiger charge is 2.18. The van der Waals surface area contributed by atoms with Crippen molar-refractivity contribution in [1.29, 1.82) is 0 Å². The number of aliphatic carboxylic acids is 1. The predicted molar refractivity (Wildman–Crippen MR) is 199 cm³/mol. The number of aromatic nitrogens is 2. The summed E-state index contributed by atoms with van der Waals surface area (Å²) in [4.78, 5) is 70.1. The molecule has 0 aliphatic heterocycles. The molecule has 0 aliphatic carbocycles. The van der Waals surface area contributed by atoms with Crippen molar-refractivity contribution in [2.24, 2.45) is 0 Å². The van der Waals surface area contributed by atoms with Gasteiger partial charge in [0.15, 0.2) is 6.23 Å². The van der Waals surface area contributed by atoms with Gasteiger partial charge in [-0.05, 0) is 75.8 Å². The van der Waals surface area contributed by atoms with Crippen LogP contribution in [-0.4, -0.2) is 75.5 Å². The second kappa shape index (κ2) is 28.2. The monoisotopic (exact) mass is 724 g/mol. The SMILES string of the molecule is CCCC(NC(=O)NCCCCCCCC(=O)CCCCCCC(=O)NC(CCCCN(Cc1ccccn1)Cc1ccccn1)OC=O)C(=O)O. The Kier molecular flexibility index (Phi) is 23.8. The molecule has 0 aliphatic rings. The highest BCUT2D eigenvalue weighted by Crippen LogP contribution is 2.13. The molecule has 4 N–H and O–H groups in total. The summed E-state index contributed by atoms with van der Waals surface area (Å²) in [6.07, 6.45) is 15.4. The molecule has 0 saturated carbocycles. The Morgan fingerprint density at radius 3 is 1.92 bits per heavy atom. The molecule has 2 rings (SSSR count). The molecule has 0 aromatic carbocycles. The van der Waals surface area contributed by atoms with E-state index in [4.69, 9.17) is 9.84 Å². The van der Waals surface area contributed by atoms with Gasteiger partial charge in [0.2, 0.25) is 5.91 Å². The number of unbranched alkanes of at least 4 members (excludes halogenated alkanes) is 8. The van der Waals surface area contributed by atoms with Gasteiger partial charge < -0.3 is 25.8 Å². The van der Waals surface area contributed by atoms with E-state index in [1.165, 1.54) is 0 Å². The third-order valence-corrected chi connectivity index (χ3v) is 8.66. The lowest BCUT2D eigenvalue weighted by Crippen LogP contribution is -2.46. The lowest BCUT2D eigenvalue weighted by atomic mass is 10.0. The molecular formula is C39H60N6O7. The van der Waals surface area contributed by atoms with E-state index < -0.39 is 24.3 Å². The standard InChI is InChI=1S/C39H60N6O7/c1-2-18-35(38(49)50)43-39(51)42-27-14-7-3-4-8-21-34(47)22-9-5-6-10-23-36(48)44-37(52-31-46)24-13-17-28-45(29-32-19-11-15-25-40-32)30-33-20-12-16-26-41-33/h11-12,15-16,19-20,25-26,31,35,37H,2-10,13-14,17-18,21-24,27-30H2,1H3,(H,44,48)(H,49,50)(H2,42,43,51). The molecule has 13 nitrogen and oxygen atoms in total. The van der Waals surface area contributed by atoms with Crippen LogP contribution in [0.3, 0.4) is 0 Å². The molecule has 2 heterocycles. The molecule has 2 aromatic rings. The summed E-state index contributed by atoms with van der Waals surface area (Å²) < 4.78 is 5.16. The number of pyridine rings is 2. The van der Waals surface area contributed by atoms with Crippen molar-refractivity contribution in [2.75, 3.05) is 13.1 Å². The molecule has 0 bridgehead atoms. The number of carboxylic acid groups (broad SMARTS) is 1. The fourth-order valence-electron chi connectivity index (χ4n) is 5.83. The van der Waals surface area contributed by atoms with Gasteiger partial charge in [0.05, 0.1) is 11.4 Å². The Hall–Kier alpha value is -4.39. The maximum absolute atomic E-state index is 12.5. The van der Waals surface area contributed by atoms with Crippen molar-refractivity contribution in [3.8, 4) is 0 Å². The van der Waals surface area contributed by atoms with E-state index in [-0.39, 0.29) is 11.7 Å². The highest BCUT2D eigenvalue weighted by atomic mass is 16.5. The summed E-state index contributed by atoms with van der Waals surface area (Å²) in [7, 11) is 0. The molecule has 13 heteroatoms. The largest absolute Gasteiger partial charge is 0.480 e. The Balaban J connectivity index is 1.50. The van der Waals surface area contributed by atoms with Crippen molar-refractivity contribution in [3.63, 3.8) is 0 Å². The van der Waals surface area contributed by atoms with Crippen LogP contribution in [0.25, 0.3) is 0 Å². The molecule has 2 aromatic heterocycles. The first-order valence-corrected chi connectivity index (χ1v) is 19.0. The average Bonchev–Trinajstić information content (AvgIpc) is 3.13. The second-order valence-corrected chi connectivity index (χ2v) is 13.2. The number of Topliss-reactive ketones (excluding diaryl/α,β-unsaturated/α-hetero) is 1.